The summed E-state index contributed by atoms with van der Waals surface area (Å²) >= 11 is 1.90. The maximum atomic E-state index is 12.8. The first-order valence-electron chi connectivity index (χ1n) is 34.2. The van der Waals surface area contributed by atoms with Gasteiger partial charge in [0.15, 0.2) is 4.90 Å². The molecule has 2 saturated heterocycles. The fraction of sp³-hybridized carbons (Fsp3) is 0.580. The molecule has 0 amide bonds. The summed E-state index contributed by atoms with van der Waals surface area (Å²) < 4.78 is 74.4. The van der Waals surface area contributed by atoms with E-state index >= 15 is 0 Å². The average Bonchev–Trinajstić information content (AvgIpc) is 0.738. The summed E-state index contributed by atoms with van der Waals surface area (Å²) in [7, 11) is 0.432. The van der Waals surface area contributed by atoms with Crippen LogP contribution >= 0.6 is 11.8 Å². The Morgan fingerprint density at radius 1 is 0.515 bits per heavy atom. The summed E-state index contributed by atoms with van der Waals surface area (Å²) in [5.41, 5.74) is 3.17. The zero-order chi connectivity index (χ0) is 73.2. The van der Waals surface area contributed by atoms with Crippen molar-refractivity contribution in [3.05, 3.63) is 169 Å². The average molecular weight is 1610 g/mol. The quantitative estimate of drug-likeness (QED) is 0.0356. The van der Waals surface area contributed by atoms with Gasteiger partial charge in [-0.3, -0.25) is 0 Å². The van der Waals surface area contributed by atoms with Crippen LogP contribution in [0.25, 0.3) is 0 Å². The number of benzene rings is 5. The molecule has 2 heterocycles. The van der Waals surface area contributed by atoms with Crippen LogP contribution in [0.15, 0.2) is 138 Å². The maximum absolute atomic E-state index is 12.8. The van der Waals surface area contributed by atoms with Crippen LogP contribution in [-0.4, -0.2) is 120 Å². The number of ether oxygens (including phenoxy) is 4. The molecule has 5 aromatic carbocycles. The molecule has 20 heteroatoms. The topological polar surface area (TPSA) is 180 Å². The third-order valence-corrected chi connectivity index (χ3v) is 24.5. The Bertz CT molecular complexity index is 2970. The maximum Gasteiger partial charge on any atom is 2.00 e. The molecule has 0 spiro atoms. The van der Waals surface area contributed by atoms with Crippen LogP contribution in [0.3, 0.4) is 0 Å². The van der Waals surface area contributed by atoms with E-state index in [4.69, 9.17) is 38.1 Å². The van der Waals surface area contributed by atoms with Crippen LogP contribution in [-0.2, 0) is 91.9 Å². The van der Waals surface area contributed by atoms with E-state index in [0.717, 1.165) is 90.6 Å². The number of hydrogen-bond acceptors (Lipinski definition) is 13. The Hall–Kier alpha value is -4.69. The molecule has 101 heavy (non-hydrogen) atoms. The van der Waals surface area contributed by atoms with Gasteiger partial charge in [0.2, 0.25) is 0 Å². The smallest absolute Gasteiger partial charge is 0.461 e. The van der Waals surface area contributed by atoms with Gasteiger partial charge in [-0.2, -0.15) is 121 Å². The second-order valence-corrected chi connectivity index (χ2v) is 37.3. The van der Waals surface area contributed by atoms with Gasteiger partial charge in [0, 0.05) is 47.1 Å². The van der Waals surface area contributed by atoms with Crippen molar-refractivity contribution in [1.29, 1.82) is 0 Å². The predicted octanol–water partition coefficient (Wildman–Crippen LogP) is 13.6. The monoisotopic (exact) mass is 1600 g/mol. The fourth-order valence-corrected chi connectivity index (χ4v) is 19.7. The number of halogens is 5. The minimum Gasteiger partial charge on any atom is -0.461 e. The summed E-state index contributed by atoms with van der Waals surface area (Å²) in [6.07, 6.45) is 10.8. The van der Waals surface area contributed by atoms with E-state index in [1.54, 1.807) is 0 Å². The van der Waals surface area contributed by atoms with E-state index < -0.39 is 35.0 Å². The number of thioether (sulfide) groups is 1. The molecule has 2 N–H and O–H groups in total. The second-order valence-electron chi connectivity index (χ2n) is 30.7. The first-order chi connectivity index (χ1) is 46.5. The largest absolute Gasteiger partial charge is 2.00 e. The van der Waals surface area contributed by atoms with E-state index in [9.17, 15) is 37.4 Å². The number of carbonyl (C=O) groups is 2. The Balaban J connectivity index is 0.000000314. The molecule has 1 radical (unpaired) electrons. The molecule has 10 fully saturated rings. The SMILES string of the molecule is C.C1CSCCO1.CC(C)(C)c1ccc([I-]c2ccc(C(C)(C)C)cc2)cc1.CC(C)(C)c1ccc([S+]2CCOCC2)cc1.CC(F)(F)C(=O)OCC12CC3CC(CC(O)(C3)C1)C2.CC(F)(F)C(=O)OCC12CC3CC(CC(O)(C3)C1)C2.O=C=O.O=C=O.[Cu+2].[c-]1ccccc1.[c-]1ccccc1. The van der Waals surface area contributed by atoms with Crippen LogP contribution in [0, 0.1) is 53.8 Å². The molecular formula is C81H109CuF4IO12S2. The van der Waals surface area contributed by atoms with Crippen molar-refractivity contribution in [2.75, 3.05) is 62.7 Å². The number of hydrogen-bond donors (Lipinski definition) is 2. The number of carbonyl (C=O) groups excluding carboxylic acids is 6. The van der Waals surface area contributed by atoms with Crippen LogP contribution in [0.2, 0.25) is 0 Å². The zero-order valence-electron chi connectivity index (χ0n) is 60.1. The summed E-state index contributed by atoms with van der Waals surface area (Å²) in [5, 5.41) is 21.0. The van der Waals surface area contributed by atoms with Gasteiger partial charge in [-0.1, -0.05) is 40.3 Å². The van der Waals surface area contributed by atoms with Gasteiger partial charge in [-0.05, 0) is 124 Å². The van der Waals surface area contributed by atoms with Gasteiger partial charge in [-0.15, -0.1) is 0 Å². The van der Waals surface area contributed by atoms with Gasteiger partial charge in [0.1, 0.15) is 11.5 Å². The van der Waals surface area contributed by atoms with Crippen LogP contribution in [0.1, 0.15) is 177 Å². The molecule has 5 aromatic rings. The Morgan fingerprint density at radius 2 is 0.812 bits per heavy atom. The zero-order valence-corrected chi connectivity index (χ0v) is 64.8. The number of alkyl halides is 4. The van der Waals surface area contributed by atoms with Gasteiger partial charge in [0.25, 0.3) is 0 Å². The third kappa shape index (κ3) is 31.9. The van der Waals surface area contributed by atoms with Crippen molar-refractivity contribution in [3.63, 3.8) is 0 Å². The fourth-order valence-electron chi connectivity index (χ4n) is 15.0. The Labute approximate surface area is 627 Å². The standard InChI is InChI=1S/C20H26I.2C14H20F2O3.C14H21OS.2C6H5.C4H8OS.2CO2.CH4.Cu/c1-19(2,3)15-7-11-17(12-8-15)21-18-13-9-16(10-14-18)20(4,5)6;2*1-12(15,16)11(17)19-8-13-3-9-2-10(4-13)6-14(18,5-9)7-13;1-14(2,3)12-4-6-13(7-5-12)16-10-8-15-9-11-16;2*1-2-4-6-5-3-1;1-3-6-4-2-5-1;2*2-1-3;;/h7-14H,1-6H3;2*9-10,18H,2-8H2,1H3;4-7H,8-11H2,1-3H3;2*1-5H;1-4H2;;;1H4;/q-1;;;+1;2*-1;;;;;+2. The van der Waals surface area contributed by atoms with Gasteiger partial charge in [0.05, 0.1) is 50.8 Å². The first-order valence-corrected chi connectivity index (χ1v) is 39.1. The van der Waals surface area contributed by atoms with E-state index in [0.29, 0.717) is 61.3 Å². The van der Waals surface area contributed by atoms with Crippen molar-refractivity contribution in [3.8, 4) is 0 Å². The van der Waals surface area contributed by atoms with E-state index in [2.05, 4.69) is 147 Å². The summed E-state index contributed by atoms with van der Waals surface area (Å²) in [4.78, 5) is 56.4. The molecule has 8 saturated carbocycles. The minimum absolute atomic E-state index is 0. The molecule has 10 aliphatic rings. The van der Waals surface area contributed by atoms with Crippen molar-refractivity contribution in [1.82, 2.24) is 0 Å². The molecule has 4 unspecified atom stereocenters. The molecular weight excluding hydrogens is 1500 g/mol. The summed E-state index contributed by atoms with van der Waals surface area (Å²) in [6, 6.07) is 52.6. The van der Waals surface area contributed by atoms with Gasteiger partial charge in [-0.25, -0.2) is 9.59 Å². The summed E-state index contributed by atoms with van der Waals surface area (Å²) in [5.74, 6) is -3.11. The molecule has 8 bridgehead atoms. The Morgan fingerprint density at radius 3 is 1.04 bits per heavy atom. The summed E-state index contributed by atoms with van der Waals surface area (Å²) in [6.45, 7) is 25.4. The molecule has 12 nitrogen and oxygen atoms in total. The third-order valence-electron chi connectivity index (χ3n) is 18.6. The van der Waals surface area contributed by atoms with Crippen LogP contribution < -0.4 is 21.2 Å². The number of esters is 2. The van der Waals surface area contributed by atoms with E-state index in [1.165, 1.54) is 51.7 Å². The minimum atomic E-state index is -3.43. The second kappa shape index (κ2) is 41.9. The number of rotatable bonds is 9. The van der Waals surface area contributed by atoms with E-state index in [1.807, 2.05) is 72.4 Å². The Kier molecular flexibility index (Phi) is 37.5. The van der Waals surface area contributed by atoms with Crippen LogP contribution in [0.4, 0.5) is 17.6 Å². The van der Waals surface area contributed by atoms with Crippen molar-refractivity contribution >= 4 is 46.9 Å². The molecule has 4 atom stereocenters. The van der Waals surface area contributed by atoms with Gasteiger partial charge < -0.3 is 29.2 Å². The van der Waals surface area contributed by atoms with Crippen LogP contribution in [0.5, 0.6) is 0 Å². The first kappa shape index (κ1) is 90.5. The van der Waals surface area contributed by atoms with Crippen molar-refractivity contribution in [2.24, 2.45) is 34.5 Å². The van der Waals surface area contributed by atoms with E-state index in [-0.39, 0.29) is 98.3 Å². The van der Waals surface area contributed by atoms with Gasteiger partial charge >= 0.3 is 194 Å². The molecule has 563 valence electrons. The molecule has 2 aliphatic heterocycles. The molecule has 0 aromatic heterocycles. The normalized spacial score (nSPS) is 24.8. The van der Waals surface area contributed by atoms with Crippen molar-refractivity contribution in [2.45, 2.75) is 205 Å². The van der Waals surface area contributed by atoms with Crippen molar-refractivity contribution < 1.29 is 114 Å². The molecule has 8 aliphatic carbocycles. The predicted molar refractivity (Wildman–Crippen MR) is 382 cm³/mol. The molecule has 15 rings (SSSR count). The number of aliphatic hydroxyl groups is 2.